The van der Waals surface area contributed by atoms with Crippen LogP contribution in [0.5, 0.6) is 5.88 Å². The summed E-state index contributed by atoms with van der Waals surface area (Å²) in [7, 11) is 0. The molecule has 1 aliphatic carbocycles. The Hall–Kier alpha value is -1.36. The summed E-state index contributed by atoms with van der Waals surface area (Å²) in [5, 5.41) is 3.65. The normalized spacial score (nSPS) is 22.9. The predicted molar refractivity (Wildman–Crippen MR) is 79.2 cm³/mol. The smallest absolute Gasteiger partial charge is 0.218 e. The third kappa shape index (κ3) is 3.60. The SMILES string of the molecule is CCOc1cc(N2CCCC(CNC3CC3)C2)ncn1. The molecule has 0 radical (unpaired) electrons. The van der Waals surface area contributed by atoms with E-state index in [1.165, 1.54) is 25.7 Å². The van der Waals surface area contributed by atoms with Gasteiger partial charge in [-0.1, -0.05) is 0 Å². The third-order valence-electron chi connectivity index (χ3n) is 4.04. The first-order valence-corrected chi connectivity index (χ1v) is 7.78. The number of anilines is 1. The lowest BCUT2D eigenvalue weighted by atomic mass is 9.98. The van der Waals surface area contributed by atoms with E-state index < -0.39 is 0 Å². The van der Waals surface area contributed by atoms with Gasteiger partial charge in [0.2, 0.25) is 5.88 Å². The number of ether oxygens (including phenoxy) is 1. The summed E-state index contributed by atoms with van der Waals surface area (Å²) in [5.41, 5.74) is 0. The monoisotopic (exact) mass is 276 g/mol. The number of nitrogens with one attached hydrogen (secondary N) is 1. The van der Waals surface area contributed by atoms with E-state index in [4.69, 9.17) is 4.74 Å². The molecule has 1 aromatic heterocycles. The summed E-state index contributed by atoms with van der Waals surface area (Å²) in [4.78, 5) is 10.9. The van der Waals surface area contributed by atoms with Crippen LogP contribution in [0.4, 0.5) is 5.82 Å². The van der Waals surface area contributed by atoms with Gasteiger partial charge in [0.1, 0.15) is 12.1 Å². The maximum absolute atomic E-state index is 5.46. The van der Waals surface area contributed by atoms with Gasteiger partial charge < -0.3 is 15.0 Å². The molecule has 5 heteroatoms. The first kappa shape index (κ1) is 13.6. The number of nitrogens with zero attached hydrogens (tertiary/aromatic N) is 3. The Morgan fingerprint density at radius 3 is 3.05 bits per heavy atom. The van der Waals surface area contributed by atoms with Crippen LogP contribution in [0.3, 0.4) is 0 Å². The van der Waals surface area contributed by atoms with Crippen molar-refractivity contribution in [3.05, 3.63) is 12.4 Å². The van der Waals surface area contributed by atoms with Gasteiger partial charge in [-0.15, -0.1) is 0 Å². The van der Waals surface area contributed by atoms with Crippen LogP contribution in [-0.2, 0) is 0 Å². The zero-order valence-electron chi connectivity index (χ0n) is 12.2. The molecule has 1 saturated carbocycles. The maximum Gasteiger partial charge on any atom is 0.218 e. The van der Waals surface area contributed by atoms with Crippen LogP contribution in [0.15, 0.2) is 12.4 Å². The standard InChI is InChI=1S/C15H24N4O/c1-2-20-15-8-14(17-11-18-15)19-7-3-4-12(10-19)9-16-13-5-6-13/h8,11-13,16H,2-7,9-10H2,1H3. The van der Waals surface area contributed by atoms with Crippen LogP contribution in [0.2, 0.25) is 0 Å². The molecule has 1 unspecified atom stereocenters. The Morgan fingerprint density at radius 1 is 1.35 bits per heavy atom. The van der Waals surface area contributed by atoms with Crippen LogP contribution in [0, 0.1) is 5.92 Å². The summed E-state index contributed by atoms with van der Waals surface area (Å²) < 4.78 is 5.46. The number of aromatic nitrogens is 2. The van der Waals surface area contributed by atoms with Crippen LogP contribution in [0.25, 0.3) is 0 Å². The van der Waals surface area contributed by atoms with E-state index >= 15 is 0 Å². The molecule has 2 fully saturated rings. The highest BCUT2D eigenvalue weighted by atomic mass is 16.5. The van der Waals surface area contributed by atoms with E-state index in [0.717, 1.165) is 37.4 Å². The van der Waals surface area contributed by atoms with E-state index in [1.54, 1.807) is 6.33 Å². The van der Waals surface area contributed by atoms with Crippen molar-refractivity contribution in [1.29, 1.82) is 0 Å². The Labute approximate surface area is 120 Å². The molecule has 0 aromatic carbocycles. The number of hydrogen-bond acceptors (Lipinski definition) is 5. The second-order valence-corrected chi connectivity index (χ2v) is 5.78. The molecule has 1 aromatic rings. The molecule has 0 bridgehead atoms. The second kappa shape index (κ2) is 6.39. The maximum atomic E-state index is 5.46. The zero-order valence-corrected chi connectivity index (χ0v) is 12.2. The Balaban J connectivity index is 1.58. The van der Waals surface area contributed by atoms with Gasteiger partial charge in [0.05, 0.1) is 6.61 Å². The van der Waals surface area contributed by atoms with E-state index in [-0.39, 0.29) is 0 Å². The first-order chi connectivity index (χ1) is 9.85. The molecule has 1 aliphatic heterocycles. The van der Waals surface area contributed by atoms with Crippen molar-refractivity contribution in [1.82, 2.24) is 15.3 Å². The van der Waals surface area contributed by atoms with Crippen molar-refractivity contribution in [3.63, 3.8) is 0 Å². The minimum atomic E-state index is 0.643. The molecule has 2 aliphatic rings. The van der Waals surface area contributed by atoms with Crippen LogP contribution >= 0.6 is 0 Å². The lowest BCUT2D eigenvalue weighted by Gasteiger charge is -2.33. The van der Waals surface area contributed by atoms with Crippen LogP contribution < -0.4 is 15.0 Å². The van der Waals surface area contributed by atoms with Gasteiger partial charge in [-0.25, -0.2) is 9.97 Å². The largest absolute Gasteiger partial charge is 0.478 e. The van der Waals surface area contributed by atoms with Gasteiger partial charge in [-0.3, -0.25) is 0 Å². The summed E-state index contributed by atoms with van der Waals surface area (Å²) >= 11 is 0. The van der Waals surface area contributed by atoms with Gasteiger partial charge in [0, 0.05) is 25.2 Å². The number of piperidine rings is 1. The second-order valence-electron chi connectivity index (χ2n) is 5.78. The molecular formula is C15H24N4O. The fourth-order valence-corrected chi connectivity index (χ4v) is 2.79. The first-order valence-electron chi connectivity index (χ1n) is 7.78. The predicted octanol–water partition coefficient (Wildman–Crippen LogP) is 1.84. The van der Waals surface area contributed by atoms with Crippen LogP contribution in [0.1, 0.15) is 32.6 Å². The Kier molecular flexibility index (Phi) is 4.35. The number of hydrogen-bond donors (Lipinski definition) is 1. The summed E-state index contributed by atoms with van der Waals surface area (Å²) in [6.07, 6.45) is 6.89. The van der Waals surface area contributed by atoms with Crippen molar-refractivity contribution in [3.8, 4) is 5.88 Å². The summed E-state index contributed by atoms with van der Waals surface area (Å²) in [5.74, 6) is 2.41. The average molecular weight is 276 g/mol. The van der Waals surface area contributed by atoms with Crippen molar-refractivity contribution in [2.45, 2.75) is 38.6 Å². The molecule has 1 N–H and O–H groups in total. The molecule has 20 heavy (non-hydrogen) atoms. The average Bonchev–Trinajstić information content (AvgIpc) is 3.30. The molecule has 1 saturated heterocycles. The van der Waals surface area contributed by atoms with E-state index in [9.17, 15) is 0 Å². The van der Waals surface area contributed by atoms with Gasteiger partial charge in [-0.2, -0.15) is 0 Å². The van der Waals surface area contributed by atoms with Crippen molar-refractivity contribution < 1.29 is 4.74 Å². The van der Waals surface area contributed by atoms with Gasteiger partial charge in [0.15, 0.2) is 0 Å². The van der Waals surface area contributed by atoms with E-state index in [0.29, 0.717) is 12.5 Å². The highest BCUT2D eigenvalue weighted by Gasteiger charge is 2.25. The van der Waals surface area contributed by atoms with Crippen molar-refractivity contribution in [2.24, 2.45) is 5.92 Å². The highest BCUT2D eigenvalue weighted by Crippen LogP contribution is 2.24. The molecule has 0 spiro atoms. The molecule has 5 nitrogen and oxygen atoms in total. The molecular weight excluding hydrogens is 252 g/mol. The molecule has 0 amide bonds. The van der Waals surface area contributed by atoms with Crippen molar-refractivity contribution >= 4 is 5.82 Å². The zero-order chi connectivity index (χ0) is 13.8. The number of rotatable bonds is 6. The molecule has 3 rings (SSSR count). The molecule has 1 atom stereocenters. The lowest BCUT2D eigenvalue weighted by Crippen LogP contribution is -2.40. The summed E-state index contributed by atoms with van der Waals surface area (Å²) in [6.45, 7) is 5.93. The van der Waals surface area contributed by atoms with Gasteiger partial charge in [-0.05, 0) is 45.1 Å². The van der Waals surface area contributed by atoms with Crippen molar-refractivity contribution in [2.75, 3.05) is 31.1 Å². The lowest BCUT2D eigenvalue weighted by molar-refractivity contribution is 0.325. The van der Waals surface area contributed by atoms with E-state index in [2.05, 4.69) is 20.2 Å². The highest BCUT2D eigenvalue weighted by molar-refractivity contribution is 5.41. The summed E-state index contributed by atoms with van der Waals surface area (Å²) in [6, 6.07) is 2.76. The van der Waals surface area contributed by atoms with Gasteiger partial charge in [0.25, 0.3) is 0 Å². The minimum Gasteiger partial charge on any atom is -0.478 e. The fourth-order valence-electron chi connectivity index (χ4n) is 2.79. The Morgan fingerprint density at radius 2 is 2.25 bits per heavy atom. The Bertz CT molecular complexity index is 436. The van der Waals surface area contributed by atoms with Gasteiger partial charge >= 0.3 is 0 Å². The third-order valence-corrected chi connectivity index (χ3v) is 4.04. The quantitative estimate of drug-likeness (QED) is 0.859. The molecule has 110 valence electrons. The minimum absolute atomic E-state index is 0.643. The van der Waals surface area contributed by atoms with E-state index in [1.807, 2.05) is 13.0 Å². The fraction of sp³-hybridized carbons (Fsp3) is 0.733. The topological polar surface area (TPSA) is 50.3 Å². The molecule has 2 heterocycles. The van der Waals surface area contributed by atoms with Crippen LogP contribution in [-0.4, -0.2) is 42.3 Å².